The maximum atomic E-state index is 15.0. The Bertz CT molecular complexity index is 1050. The number of nitrogens with one attached hydrogen (secondary N) is 2. The fraction of sp³-hybridized carbons (Fsp3) is 0.733. The van der Waals surface area contributed by atoms with Crippen LogP contribution < -0.4 is 10.6 Å². The van der Waals surface area contributed by atoms with E-state index < -0.39 is 5.82 Å². The van der Waals surface area contributed by atoms with E-state index in [1.54, 1.807) is 6.07 Å². The number of piperidine rings is 1. The fourth-order valence-electron chi connectivity index (χ4n) is 9.17. The average molecular weight is 545 g/mol. The summed E-state index contributed by atoms with van der Waals surface area (Å²) in [7, 11) is 0. The number of rotatable bonds is 9. The first-order valence-corrected chi connectivity index (χ1v) is 14.6. The van der Waals surface area contributed by atoms with Gasteiger partial charge in [-0.25, -0.2) is 9.18 Å². The molecule has 216 valence electrons. The van der Waals surface area contributed by atoms with Crippen molar-refractivity contribution in [3.05, 3.63) is 29.6 Å². The van der Waals surface area contributed by atoms with Crippen molar-refractivity contribution in [3.8, 4) is 0 Å². The number of carbonyl (C=O) groups is 2. The van der Waals surface area contributed by atoms with E-state index in [1.165, 1.54) is 30.2 Å². The summed E-state index contributed by atoms with van der Waals surface area (Å²) >= 11 is 0. The van der Waals surface area contributed by atoms with Crippen molar-refractivity contribution in [1.29, 1.82) is 0 Å². The molecule has 1 aromatic carbocycles. The Morgan fingerprint density at radius 2 is 1.67 bits per heavy atom. The maximum Gasteiger partial charge on any atom is 0.319 e. The highest BCUT2D eigenvalue weighted by molar-refractivity contribution is 5.90. The molecule has 4 saturated carbocycles. The van der Waals surface area contributed by atoms with Crippen molar-refractivity contribution in [2.45, 2.75) is 77.3 Å². The van der Waals surface area contributed by atoms with Crippen molar-refractivity contribution in [1.82, 2.24) is 15.1 Å². The number of hydrogen-bond donors (Lipinski definition) is 4. The number of aliphatic hydroxyl groups is 2. The number of urea groups is 1. The van der Waals surface area contributed by atoms with Crippen LogP contribution in [0.4, 0.5) is 14.9 Å². The zero-order valence-corrected chi connectivity index (χ0v) is 23.5. The average Bonchev–Trinajstić information content (AvgIpc) is 2.83. The number of hydrogen-bond acceptors (Lipinski definition) is 5. The third kappa shape index (κ3) is 6.25. The lowest BCUT2D eigenvalue weighted by Gasteiger charge is -2.65. The normalized spacial score (nSPS) is 32.3. The van der Waals surface area contributed by atoms with E-state index >= 15 is 4.39 Å². The van der Waals surface area contributed by atoms with Crippen LogP contribution in [0.15, 0.2) is 18.2 Å². The van der Waals surface area contributed by atoms with Gasteiger partial charge in [-0.15, -0.1) is 0 Å². The molecule has 39 heavy (non-hydrogen) atoms. The van der Waals surface area contributed by atoms with Gasteiger partial charge in [0.05, 0.1) is 18.9 Å². The third-order valence-electron chi connectivity index (χ3n) is 9.68. The molecule has 1 saturated heterocycles. The molecule has 8 nitrogen and oxygen atoms in total. The third-order valence-corrected chi connectivity index (χ3v) is 9.68. The summed E-state index contributed by atoms with van der Waals surface area (Å²) in [5.41, 5.74) is 1.40. The van der Waals surface area contributed by atoms with Crippen LogP contribution in [0, 0.1) is 28.5 Å². The van der Waals surface area contributed by atoms with Crippen LogP contribution >= 0.6 is 0 Å². The molecule has 2 unspecified atom stereocenters. The van der Waals surface area contributed by atoms with Gasteiger partial charge in [-0.3, -0.25) is 9.69 Å². The van der Waals surface area contributed by atoms with Crippen molar-refractivity contribution in [2.24, 2.45) is 22.7 Å². The predicted molar refractivity (Wildman–Crippen MR) is 147 cm³/mol. The first-order chi connectivity index (χ1) is 18.5. The van der Waals surface area contributed by atoms with Gasteiger partial charge in [0.2, 0.25) is 5.91 Å². The summed E-state index contributed by atoms with van der Waals surface area (Å²) < 4.78 is 15.0. The lowest BCUT2D eigenvalue weighted by atomic mass is 9.43. The number of amides is 3. The Kier molecular flexibility index (Phi) is 7.97. The summed E-state index contributed by atoms with van der Waals surface area (Å²) in [4.78, 5) is 29.5. The van der Waals surface area contributed by atoms with Crippen molar-refractivity contribution >= 4 is 17.6 Å². The van der Waals surface area contributed by atoms with E-state index in [2.05, 4.69) is 29.4 Å². The lowest BCUT2D eigenvalue weighted by Crippen LogP contribution is -2.65. The molecule has 1 heterocycles. The highest BCUT2D eigenvalue weighted by Crippen LogP contribution is 2.66. The summed E-state index contributed by atoms with van der Waals surface area (Å²) in [6, 6.07) is 4.67. The molecule has 4 N–H and O–H groups in total. The predicted octanol–water partition coefficient (Wildman–Crippen LogP) is 3.72. The van der Waals surface area contributed by atoms with Crippen LogP contribution in [0.1, 0.15) is 70.8 Å². The largest absolute Gasteiger partial charge is 0.395 e. The van der Waals surface area contributed by atoms with E-state index in [-0.39, 0.29) is 66.2 Å². The SMILES string of the molecule is C[C@]12CC3CC(NC(=O)Nc4ccc(CN5CCC(C(=O)N(CCO)CCO)CC5)cc4F)(C1)C[C@@](C)(C3)C2. The Morgan fingerprint density at radius 3 is 2.23 bits per heavy atom. The van der Waals surface area contributed by atoms with Crippen LogP contribution in [-0.2, 0) is 11.3 Å². The summed E-state index contributed by atoms with van der Waals surface area (Å²) in [5.74, 6) is 0.0751. The number of carbonyl (C=O) groups excluding carboxylic acids is 2. The van der Waals surface area contributed by atoms with Gasteiger partial charge >= 0.3 is 6.03 Å². The number of anilines is 1. The molecule has 6 rings (SSSR count). The van der Waals surface area contributed by atoms with Gasteiger partial charge in [-0.2, -0.15) is 0 Å². The summed E-state index contributed by atoms with van der Waals surface area (Å²) in [5, 5.41) is 24.5. The van der Waals surface area contributed by atoms with Gasteiger partial charge in [0, 0.05) is 31.1 Å². The van der Waals surface area contributed by atoms with E-state index in [9.17, 15) is 19.8 Å². The van der Waals surface area contributed by atoms with Gasteiger partial charge < -0.3 is 25.7 Å². The monoisotopic (exact) mass is 544 g/mol. The zero-order valence-electron chi connectivity index (χ0n) is 23.5. The number of nitrogens with zero attached hydrogens (tertiary/aromatic N) is 2. The van der Waals surface area contributed by atoms with Crippen LogP contribution in [0.2, 0.25) is 0 Å². The first-order valence-electron chi connectivity index (χ1n) is 14.6. The standard InChI is InChI=1S/C30H45FN4O4/c1-28-14-22-15-29(2,18-28)20-30(16-22,19-28)33-27(39)32-25-4-3-21(13-24(25)31)17-34-7-5-23(6-8-34)26(38)35(9-11-36)10-12-37/h3-4,13,22-23,36-37H,5-12,14-20H2,1-2H3,(H2,32,33,39)/t22?,28-,29+,30?. The second kappa shape index (κ2) is 11.0. The first kappa shape index (κ1) is 28.3. The minimum Gasteiger partial charge on any atom is -0.395 e. The van der Waals surface area contributed by atoms with Gasteiger partial charge in [-0.1, -0.05) is 19.9 Å². The molecule has 4 bridgehead atoms. The second-order valence-electron chi connectivity index (χ2n) is 13.6. The molecule has 0 aromatic heterocycles. The molecule has 0 radical (unpaired) electrons. The second-order valence-corrected chi connectivity index (χ2v) is 13.6. The molecule has 5 fully saturated rings. The van der Waals surface area contributed by atoms with E-state index in [0.29, 0.717) is 38.4 Å². The summed E-state index contributed by atoms with van der Waals surface area (Å²) in [6.45, 7) is 6.96. The molecule has 0 spiro atoms. The van der Waals surface area contributed by atoms with Gasteiger partial charge in [0.1, 0.15) is 5.82 Å². The van der Waals surface area contributed by atoms with Crippen LogP contribution in [-0.4, -0.2) is 76.9 Å². The molecule has 9 heteroatoms. The molecular formula is C30H45FN4O4. The Labute approximate surface area is 231 Å². The van der Waals surface area contributed by atoms with Crippen molar-refractivity contribution < 1.29 is 24.2 Å². The van der Waals surface area contributed by atoms with E-state index in [0.717, 1.165) is 24.8 Å². The maximum absolute atomic E-state index is 15.0. The van der Waals surface area contributed by atoms with Gasteiger partial charge in [0.25, 0.3) is 0 Å². The van der Waals surface area contributed by atoms with Crippen molar-refractivity contribution in [2.75, 3.05) is 44.7 Å². The molecule has 1 aromatic rings. The molecule has 3 amide bonds. The Balaban J connectivity index is 1.13. The number of likely N-dealkylation sites (tertiary alicyclic amines) is 1. The molecule has 1 aliphatic heterocycles. The quantitative estimate of drug-likeness (QED) is 0.379. The van der Waals surface area contributed by atoms with Gasteiger partial charge in [0.15, 0.2) is 0 Å². The highest BCUT2D eigenvalue weighted by Gasteiger charge is 2.60. The smallest absolute Gasteiger partial charge is 0.319 e. The van der Waals surface area contributed by atoms with Crippen LogP contribution in [0.3, 0.4) is 0 Å². The Hall–Kier alpha value is -2.23. The number of aliphatic hydroxyl groups excluding tert-OH is 2. The van der Waals surface area contributed by atoms with Crippen LogP contribution in [0.25, 0.3) is 0 Å². The topological polar surface area (TPSA) is 105 Å². The minimum absolute atomic E-state index is 0.0192. The fourth-order valence-corrected chi connectivity index (χ4v) is 9.17. The molecule has 4 atom stereocenters. The van der Waals surface area contributed by atoms with E-state index in [4.69, 9.17) is 0 Å². The molecular weight excluding hydrogens is 499 g/mol. The number of halogens is 1. The minimum atomic E-state index is -0.444. The highest BCUT2D eigenvalue weighted by atomic mass is 19.1. The molecule has 5 aliphatic rings. The van der Waals surface area contributed by atoms with Crippen LogP contribution in [0.5, 0.6) is 0 Å². The number of benzene rings is 1. The van der Waals surface area contributed by atoms with Crippen molar-refractivity contribution in [3.63, 3.8) is 0 Å². The zero-order chi connectivity index (χ0) is 27.8. The summed E-state index contributed by atoms with van der Waals surface area (Å²) in [6.07, 6.45) is 8.15. The molecule has 4 aliphatic carbocycles. The van der Waals surface area contributed by atoms with Gasteiger partial charge in [-0.05, 0) is 98.9 Å². The Morgan fingerprint density at radius 1 is 1.03 bits per heavy atom. The van der Waals surface area contributed by atoms with E-state index in [1.807, 2.05) is 6.07 Å². The lowest BCUT2D eigenvalue weighted by molar-refractivity contribution is -0.138.